The number of hydrogen-bond donors (Lipinski definition) is 2. The molecule has 2 N–H and O–H groups in total. The Morgan fingerprint density at radius 2 is 1.64 bits per heavy atom. The van der Waals surface area contributed by atoms with Crippen LogP contribution >= 0.6 is 0 Å². The quantitative estimate of drug-likeness (QED) is 0.285. The molecule has 0 fully saturated rings. The molecule has 0 aliphatic heterocycles. The van der Waals surface area contributed by atoms with Gasteiger partial charge in [0.05, 0.1) is 24.6 Å². The molecule has 7 heteroatoms. The molecule has 0 radical (unpaired) electrons. The van der Waals surface area contributed by atoms with Crippen LogP contribution in [0.4, 0.5) is 11.4 Å². The van der Waals surface area contributed by atoms with Gasteiger partial charge in [0.25, 0.3) is 11.8 Å². The number of methoxy groups -OCH3 is 1. The Morgan fingerprint density at radius 3 is 2.22 bits per heavy atom. The summed E-state index contributed by atoms with van der Waals surface area (Å²) in [6.45, 7) is 2.78. The van der Waals surface area contributed by atoms with Gasteiger partial charge in [-0.3, -0.25) is 9.59 Å². The highest BCUT2D eigenvalue weighted by molar-refractivity contribution is 6.14. The molecule has 0 bridgehead atoms. The highest BCUT2D eigenvalue weighted by Crippen LogP contribution is 2.31. The van der Waals surface area contributed by atoms with Gasteiger partial charge in [-0.1, -0.05) is 24.0 Å². The number of nitrogens with one attached hydrogen (secondary N) is 2. The lowest BCUT2D eigenvalue weighted by atomic mass is 10.1. The summed E-state index contributed by atoms with van der Waals surface area (Å²) in [5, 5.41) is 11.7. The van der Waals surface area contributed by atoms with E-state index in [4.69, 9.17) is 17.6 Å². The molecule has 3 aromatic carbocycles. The third-order valence-corrected chi connectivity index (χ3v) is 5.32. The van der Waals surface area contributed by atoms with E-state index < -0.39 is 11.8 Å². The van der Waals surface area contributed by atoms with E-state index in [0.717, 1.165) is 12.1 Å². The molecule has 3 aromatic rings. The summed E-state index contributed by atoms with van der Waals surface area (Å²) in [7, 11) is 3.31. The van der Waals surface area contributed by atoms with Crippen molar-refractivity contribution in [3.8, 4) is 30.4 Å². The van der Waals surface area contributed by atoms with Crippen molar-refractivity contribution in [2.75, 3.05) is 31.3 Å². The topological polar surface area (TPSA) is 83.0 Å². The first-order valence-electron chi connectivity index (χ1n) is 11.1. The van der Waals surface area contributed by atoms with Crippen molar-refractivity contribution in [2.24, 2.45) is 5.10 Å². The van der Waals surface area contributed by atoms with Crippen LogP contribution in [0.25, 0.3) is 0 Å². The number of hydrogen-bond acceptors (Lipinski definition) is 5. The van der Waals surface area contributed by atoms with Crippen LogP contribution < -0.4 is 15.4 Å². The van der Waals surface area contributed by atoms with Crippen LogP contribution in [0.3, 0.4) is 0 Å². The minimum atomic E-state index is -0.472. The molecule has 0 unspecified atom stereocenters. The number of anilines is 2. The summed E-state index contributed by atoms with van der Waals surface area (Å²) in [6, 6.07) is 16.8. The first-order chi connectivity index (χ1) is 17.4. The number of carbonyl (C=O) groups excluding carboxylic acids is 2. The molecule has 0 aliphatic rings. The van der Waals surface area contributed by atoms with Crippen LogP contribution in [0.2, 0.25) is 0 Å². The molecule has 3 rings (SSSR count). The predicted octanol–water partition coefficient (Wildman–Crippen LogP) is 4.45. The molecular formula is C29H26N4O3. The van der Waals surface area contributed by atoms with Crippen LogP contribution in [0, 0.1) is 24.7 Å². The lowest BCUT2D eigenvalue weighted by Crippen LogP contribution is -2.19. The van der Waals surface area contributed by atoms with Crippen LogP contribution in [0.1, 0.15) is 44.3 Å². The van der Waals surface area contributed by atoms with Gasteiger partial charge in [-0.2, -0.15) is 5.10 Å². The summed E-state index contributed by atoms with van der Waals surface area (Å²) >= 11 is 0. The van der Waals surface area contributed by atoms with Gasteiger partial charge in [-0.25, -0.2) is 0 Å². The minimum Gasteiger partial charge on any atom is -0.495 e. The lowest BCUT2D eigenvalue weighted by molar-refractivity contribution is 0.102. The number of carbonyl (C=O) groups is 2. The normalized spacial score (nSPS) is 10.2. The van der Waals surface area contributed by atoms with Gasteiger partial charge in [0, 0.05) is 36.0 Å². The Labute approximate surface area is 211 Å². The second-order valence-electron chi connectivity index (χ2n) is 7.72. The molecule has 2 amide bonds. The van der Waals surface area contributed by atoms with Crippen molar-refractivity contribution in [1.29, 1.82) is 0 Å². The van der Waals surface area contributed by atoms with Gasteiger partial charge in [-0.15, -0.1) is 12.8 Å². The molecule has 0 atom stereocenters. The van der Waals surface area contributed by atoms with E-state index in [1.54, 1.807) is 65.8 Å². The second kappa shape index (κ2) is 11.9. The SMILES string of the molecule is C#Cc1ccc(NC(=O)c2cc(C#C)cc(OC)c2NC(=O)c2ccc(C=NN(C)CC)cc2)cc1. The summed E-state index contributed by atoms with van der Waals surface area (Å²) in [4.78, 5) is 26.3. The number of amides is 2. The van der Waals surface area contributed by atoms with E-state index in [2.05, 4.69) is 27.6 Å². The van der Waals surface area contributed by atoms with Crippen LogP contribution in [0.15, 0.2) is 65.8 Å². The second-order valence-corrected chi connectivity index (χ2v) is 7.72. The fraction of sp³-hybridized carbons (Fsp3) is 0.138. The first-order valence-corrected chi connectivity index (χ1v) is 11.1. The van der Waals surface area contributed by atoms with E-state index in [1.807, 2.05) is 14.0 Å². The fourth-order valence-corrected chi connectivity index (χ4v) is 3.17. The van der Waals surface area contributed by atoms with Crippen LogP contribution in [0.5, 0.6) is 5.75 Å². The van der Waals surface area contributed by atoms with Gasteiger partial charge in [0.15, 0.2) is 0 Å². The summed E-state index contributed by atoms with van der Waals surface area (Å²) in [5.41, 5.74) is 3.25. The Kier molecular flexibility index (Phi) is 8.48. The summed E-state index contributed by atoms with van der Waals surface area (Å²) in [6.07, 6.45) is 12.7. The van der Waals surface area contributed by atoms with Crippen molar-refractivity contribution < 1.29 is 14.3 Å². The summed E-state index contributed by atoms with van der Waals surface area (Å²) < 4.78 is 5.45. The average Bonchev–Trinajstić information content (AvgIpc) is 2.92. The molecule has 36 heavy (non-hydrogen) atoms. The fourth-order valence-electron chi connectivity index (χ4n) is 3.17. The number of hydrazone groups is 1. The molecule has 7 nitrogen and oxygen atoms in total. The van der Waals surface area contributed by atoms with Gasteiger partial charge >= 0.3 is 0 Å². The maximum Gasteiger partial charge on any atom is 0.257 e. The van der Waals surface area contributed by atoms with Crippen molar-refractivity contribution in [3.63, 3.8) is 0 Å². The van der Waals surface area contributed by atoms with Crippen LogP contribution in [-0.4, -0.2) is 43.7 Å². The minimum absolute atomic E-state index is 0.156. The summed E-state index contributed by atoms with van der Waals surface area (Å²) in [5.74, 6) is 4.41. The maximum atomic E-state index is 13.2. The molecular weight excluding hydrogens is 452 g/mol. The zero-order valence-electron chi connectivity index (χ0n) is 20.3. The maximum absolute atomic E-state index is 13.2. The smallest absolute Gasteiger partial charge is 0.257 e. The zero-order valence-corrected chi connectivity index (χ0v) is 20.3. The third-order valence-electron chi connectivity index (χ3n) is 5.32. The molecule has 0 aromatic heterocycles. The van der Waals surface area contributed by atoms with Crippen LogP contribution in [-0.2, 0) is 0 Å². The van der Waals surface area contributed by atoms with Crippen molar-refractivity contribution in [1.82, 2.24) is 5.01 Å². The highest BCUT2D eigenvalue weighted by atomic mass is 16.5. The highest BCUT2D eigenvalue weighted by Gasteiger charge is 2.20. The molecule has 0 aliphatic carbocycles. The van der Waals surface area contributed by atoms with E-state index in [9.17, 15) is 9.59 Å². The monoisotopic (exact) mass is 478 g/mol. The Bertz CT molecular complexity index is 1360. The third kappa shape index (κ3) is 6.31. The van der Waals surface area contributed by atoms with E-state index in [-0.39, 0.29) is 17.0 Å². The Hall–Kier alpha value is -5.01. The molecule has 180 valence electrons. The lowest BCUT2D eigenvalue weighted by Gasteiger charge is -2.16. The van der Waals surface area contributed by atoms with E-state index in [1.165, 1.54) is 13.2 Å². The standard InChI is InChI=1S/C29H26N4O3/c1-6-20-11-15-24(16-12-20)31-29(35)25-17-21(7-2)18-26(36-5)27(25)32-28(34)23-13-9-22(10-14-23)19-30-33(4)8-3/h1-2,9-19H,8H2,3-5H3,(H,31,35)(H,32,34). The number of ether oxygens (including phenoxy) is 1. The van der Waals surface area contributed by atoms with E-state index in [0.29, 0.717) is 22.4 Å². The Balaban J connectivity index is 1.89. The number of rotatable bonds is 8. The molecule has 0 spiro atoms. The van der Waals surface area contributed by atoms with Crippen molar-refractivity contribution in [3.05, 3.63) is 88.5 Å². The number of benzene rings is 3. The van der Waals surface area contributed by atoms with Gasteiger partial charge in [0.2, 0.25) is 0 Å². The zero-order chi connectivity index (χ0) is 26.1. The van der Waals surface area contributed by atoms with Gasteiger partial charge in [0.1, 0.15) is 5.75 Å². The predicted molar refractivity (Wildman–Crippen MR) is 144 cm³/mol. The molecule has 0 saturated heterocycles. The van der Waals surface area contributed by atoms with Gasteiger partial charge < -0.3 is 20.4 Å². The van der Waals surface area contributed by atoms with Crippen molar-refractivity contribution in [2.45, 2.75) is 6.92 Å². The Morgan fingerprint density at radius 1 is 0.972 bits per heavy atom. The molecule has 0 saturated carbocycles. The number of terminal acetylenes is 2. The number of nitrogens with zero attached hydrogens (tertiary/aromatic N) is 2. The average molecular weight is 479 g/mol. The van der Waals surface area contributed by atoms with E-state index >= 15 is 0 Å². The van der Waals surface area contributed by atoms with Crippen molar-refractivity contribution >= 4 is 29.4 Å². The largest absolute Gasteiger partial charge is 0.495 e. The van der Waals surface area contributed by atoms with Gasteiger partial charge in [-0.05, 0) is 61.0 Å². The first kappa shape index (κ1) is 25.6. The molecule has 0 heterocycles.